The molecule has 2 N–H and O–H groups in total. The highest BCUT2D eigenvalue weighted by Gasteiger charge is 2.13. The van der Waals surface area contributed by atoms with Crippen LogP contribution in [0.4, 0.5) is 4.79 Å². The van der Waals surface area contributed by atoms with E-state index in [1.54, 1.807) is 7.11 Å². The average molecular weight is 390 g/mol. The summed E-state index contributed by atoms with van der Waals surface area (Å²) >= 11 is 0. The van der Waals surface area contributed by atoms with E-state index in [1.807, 2.05) is 7.05 Å². The number of ether oxygens (including phenoxy) is 5. The largest absolute Gasteiger partial charge is 0.469 e. The first-order chi connectivity index (χ1) is 13.0. The molecule has 158 valence electrons. The summed E-state index contributed by atoms with van der Waals surface area (Å²) in [5, 5.41) is 5.80. The molecule has 0 aliphatic carbocycles. The molecule has 1 amide bonds. The summed E-state index contributed by atoms with van der Waals surface area (Å²) in [5.41, 5.74) is 0. The van der Waals surface area contributed by atoms with Gasteiger partial charge in [0.2, 0.25) is 0 Å². The Bertz CT molecular complexity index is 419. The Balaban J connectivity index is 3.81. The van der Waals surface area contributed by atoms with Crippen LogP contribution in [0.3, 0.4) is 0 Å². The van der Waals surface area contributed by atoms with Crippen LogP contribution in [0.5, 0.6) is 0 Å². The second-order valence-electron chi connectivity index (χ2n) is 5.96. The second-order valence-corrected chi connectivity index (χ2v) is 5.96. The first kappa shape index (κ1) is 25.2. The van der Waals surface area contributed by atoms with Gasteiger partial charge < -0.3 is 34.3 Å². The third kappa shape index (κ3) is 17.3. The fourth-order valence-corrected chi connectivity index (χ4v) is 1.98. The van der Waals surface area contributed by atoms with Crippen molar-refractivity contribution in [1.82, 2.24) is 10.6 Å². The lowest BCUT2D eigenvalue weighted by Gasteiger charge is -2.17. The van der Waals surface area contributed by atoms with Crippen LogP contribution >= 0.6 is 0 Å². The van der Waals surface area contributed by atoms with Gasteiger partial charge in [0.1, 0.15) is 19.0 Å². The van der Waals surface area contributed by atoms with Gasteiger partial charge in [-0.15, -0.1) is 0 Å². The highest BCUT2D eigenvalue weighted by atomic mass is 16.7. The van der Waals surface area contributed by atoms with Gasteiger partial charge in [0.15, 0.2) is 6.79 Å². The molecule has 0 bridgehead atoms. The molecule has 0 aromatic carbocycles. The molecule has 0 spiro atoms. The molecule has 27 heavy (non-hydrogen) atoms. The van der Waals surface area contributed by atoms with Crippen LogP contribution in [-0.4, -0.2) is 72.5 Å². The standard InChI is InChI=1S/C18H34N2O7/c1-15(10-25-16(2)21)27-14-24-12-17(11-23-4)13-26-18(22)20-9-7-5-6-8-19-3/h17,19H,1,5-14H2,2-4H3,(H,20,22). The van der Waals surface area contributed by atoms with Gasteiger partial charge in [-0.05, 0) is 26.4 Å². The zero-order chi connectivity index (χ0) is 20.3. The summed E-state index contributed by atoms with van der Waals surface area (Å²) in [4.78, 5) is 22.4. The summed E-state index contributed by atoms with van der Waals surface area (Å²) < 4.78 is 25.6. The van der Waals surface area contributed by atoms with Crippen LogP contribution in [0.25, 0.3) is 0 Å². The van der Waals surface area contributed by atoms with Crippen molar-refractivity contribution in [3.63, 3.8) is 0 Å². The van der Waals surface area contributed by atoms with Gasteiger partial charge in [0, 0.05) is 26.5 Å². The molecule has 0 fully saturated rings. The van der Waals surface area contributed by atoms with E-state index in [2.05, 4.69) is 17.2 Å². The first-order valence-corrected chi connectivity index (χ1v) is 9.05. The number of amides is 1. The molecule has 0 aliphatic heterocycles. The van der Waals surface area contributed by atoms with E-state index >= 15 is 0 Å². The zero-order valence-electron chi connectivity index (χ0n) is 16.7. The maximum atomic E-state index is 11.7. The van der Waals surface area contributed by atoms with E-state index in [9.17, 15) is 9.59 Å². The minimum atomic E-state index is -0.448. The van der Waals surface area contributed by atoms with Crippen LogP contribution in [0.15, 0.2) is 12.3 Å². The quantitative estimate of drug-likeness (QED) is 0.166. The number of nitrogens with one attached hydrogen (secondary N) is 2. The van der Waals surface area contributed by atoms with E-state index in [1.165, 1.54) is 6.92 Å². The smallest absolute Gasteiger partial charge is 0.407 e. The molecule has 0 aliphatic rings. The molecular formula is C18H34N2O7. The molecule has 9 heteroatoms. The predicted molar refractivity (Wildman–Crippen MR) is 100 cm³/mol. The SMILES string of the molecule is C=C(COC(C)=O)OCOCC(COC)COC(=O)NCCCCCNC. The molecule has 1 unspecified atom stereocenters. The number of hydrogen-bond acceptors (Lipinski definition) is 8. The topological polar surface area (TPSA) is 104 Å². The Labute approximate surface area is 161 Å². The van der Waals surface area contributed by atoms with E-state index in [0.717, 1.165) is 25.8 Å². The Hall–Kier alpha value is -1.84. The first-order valence-electron chi connectivity index (χ1n) is 9.05. The van der Waals surface area contributed by atoms with E-state index in [0.29, 0.717) is 18.9 Å². The monoisotopic (exact) mass is 390 g/mol. The number of esters is 1. The van der Waals surface area contributed by atoms with Crippen molar-refractivity contribution >= 4 is 12.1 Å². The van der Waals surface area contributed by atoms with E-state index < -0.39 is 12.1 Å². The molecule has 0 heterocycles. The van der Waals surface area contributed by atoms with Gasteiger partial charge in [-0.3, -0.25) is 4.79 Å². The van der Waals surface area contributed by atoms with Crippen molar-refractivity contribution in [3.05, 3.63) is 12.3 Å². The molecule has 0 aromatic rings. The summed E-state index contributed by atoms with van der Waals surface area (Å²) in [7, 11) is 3.48. The van der Waals surface area contributed by atoms with Crippen LogP contribution in [0, 0.1) is 5.92 Å². The maximum absolute atomic E-state index is 11.7. The van der Waals surface area contributed by atoms with Gasteiger partial charge in [-0.25, -0.2) is 4.79 Å². The van der Waals surface area contributed by atoms with Crippen molar-refractivity contribution in [1.29, 1.82) is 0 Å². The molecule has 0 saturated carbocycles. The van der Waals surface area contributed by atoms with Crippen LogP contribution < -0.4 is 10.6 Å². The average Bonchev–Trinajstić information content (AvgIpc) is 2.64. The van der Waals surface area contributed by atoms with Gasteiger partial charge in [0.25, 0.3) is 0 Å². The number of rotatable bonds is 17. The Morgan fingerprint density at radius 3 is 2.41 bits per heavy atom. The van der Waals surface area contributed by atoms with Crippen molar-refractivity contribution in [3.8, 4) is 0 Å². The maximum Gasteiger partial charge on any atom is 0.407 e. The van der Waals surface area contributed by atoms with Crippen molar-refractivity contribution in [2.75, 3.05) is 60.5 Å². The van der Waals surface area contributed by atoms with Crippen LogP contribution in [0.2, 0.25) is 0 Å². The molecular weight excluding hydrogens is 356 g/mol. The summed E-state index contributed by atoms with van der Waals surface area (Å²) in [6, 6.07) is 0. The Morgan fingerprint density at radius 2 is 1.74 bits per heavy atom. The normalized spacial score (nSPS) is 11.5. The highest BCUT2D eigenvalue weighted by molar-refractivity contribution is 5.67. The summed E-state index contributed by atoms with van der Waals surface area (Å²) in [5.74, 6) is -0.241. The fraction of sp³-hybridized carbons (Fsp3) is 0.778. The number of carbonyl (C=O) groups is 2. The van der Waals surface area contributed by atoms with Crippen molar-refractivity contribution in [2.24, 2.45) is 5.92 Å². The van der Waals surface area contributed by atoms with Crippen LogP contribution in [-0.2, 0) is 28.5 Å². The van der Waals surface area contributed by atoms with Gasteiger partial charge in [-0.1, -0.05) is 13.0 Å². The molecule has 0 saturated heterocycles. The van der Waals surface area contributed by atoms with Gasteiger partial charge in [-0.2, -0.15) is 0 Å². The highest BCUT2D eigenvalue weighted by Crippen LogP contribution is 2.02. The minimum Gasteiger partial charge on any atom is -0.469 e. The van der Waals surface area contributed by atoms with Gasteiger partial charge in [0.05, 0.1) is 13.2 Å². The molecule has 0 rings (SSSR count). The molecule has 9 nitrogen and oxygen atoms in total. The second kappa shape index (κ2) is 17.6. The molecule has 0 aromatic heterocycles. The number of hydrogen-bond donors (Lipinski definition) is 2. The van der Waals surface area contributed by atoms with Crippen LogP contribution in [0.1, 0.15) is 26.2 Å². The summed E-state index contributed by atoms with van der Waals surface area (Å²) in [6.45, 7) is 7.26. The minimum absolute atomic E-state index is 0.0154. The third-order valence-electron chi connectivity index (χ3n) is 3.36. The molecule has 0 radical (unpaired) electrons. The van der Waals surface area contributed by atoms with E-state index in [-0.39, 0.29) is 32.5 Å². The van der Waals surface area contributed by atoms with E-state index in [4.69, 9.17) is 23.7 Å². The van der Waals surface area contributed by atoms with Crippen molar-refractivity contribution in [2.45, 2.75) is 26.2 Å². The number of alkyl carbamates (subject to hydrolysis) is 1. The predicted octanol–water partition coefficient (Wildman–Crippen LogP) is 1.43. The lowest BCUT2D eigenvalue weighted by atomic mass is 10.2. The zero-order valence-corrected chi connectivity index (χ0v) is 16.7. The van der Waals surface area contributed by atoms with Gasteiger partial charge >= 0.3 is 12.1 Å². The third-order valence-corrected chi connectivity index (χ3v) is 3.36. The Kier molecular flexibility index (Phi) is 16.4. The number of methoxy groups -OCH3 is 1. The number of carbonyl (C=O) groups excluding carboxylic acids is 2. The van der Waals surface area contributed by atoms with Crippen molar-refractivity contribution < 1.29 is 33.3 Å². The summed E-state index contributed by atoms with van der Waals surface area (Å²) in [6.07, 6.45) is 2.59. The fourth-order valence-electron chi connectivity index (χ4n) is 1.98. The lowest BCUT2D eigenvalue weighted by Crippen LogP contribution is -2.30. The Morgan fingerprint density at radius 1 is 1.00 bits per heavy atom. The molecule has 1 atom stereocenters. The lowest BCUT2D eigenvalue weighted by molar-refractivity contribution is -0.141. The number of unbranched alkanes of at least 4 members (excludes halogenated alkanes) is 2.